The standard InChI is InChI=1S/C21H24N4O5/c1-3-17-14(21(29)30-2)8-12-10-24(11-19(27)25(12)17)20(28)16-9-15(22-23-16)13-6-4-5-7-18(13)26/h4-7,9,12,14,17,26H,3,8,10-11H2,1-2H3,(H,22,23)/t12-,14-,17-/m0/s1. The highest BCUT2D eigenvalue weighted by atomic mass is 16.5. The minimum Gasteiger partial charge on any atom is -0.507 e. The second-order valence-electron chi connectivity index (χ2n) is 7.67. The van der Waals surface area contributed by atoms with Crippen LogP contribution >= 0.6 is 0 Å². The first kappa shape index (κ1) is 19.9. The molecule has 2 saturated heterocycles. The molecule has 1 aromatic carbocycles. The monoisotopic (exact) mass is 412 g/mol. The number of nitrogens with zero attached hydrogens (tertiary/aromatic N) is 3. The number of amides is 2. The fraction of sp³-hybridized carbons (Fsp3) is 0.429. The number of esters is 1. The number of phenolic OH excluding ortho intramolecular Hbond substituents is 1. The van der Waals surface area contributed by atoms with E-state index in [1.165, 1.54) is 12.0 Å². The predicted octanol–water partition coefficient (Wildman–Crippen LogP) is 1.41. The molecule has 0 saturated carbocycles. The molecule has 4 rings (SSSR count). The van der Waals surface area contributed by atoms with Crippen LogP contribution in [0.2, 0.25) is 0 Å². The van der Waals surface area contributed by atoms with Gasteiger partial charge < -0.3 is 19.6 Å². The van der Waals surface area contributed by atoms with Crippen molar-refractivity contribution in [2.75, 3.05) is 20.2 Å². The summed E-state index contributed by atoms with van der Waals surface area (Å²) < 4.78 is 4.91. The molecule has 0 bridgehead atoms. The molecule has 2 amide bonds. The lowest BCUT2D eigenvalue weighted by Gasteiger charge is -2.39. The molecule has 0 unspecified atom stereocenters. The van der Waals surface area contributed by atoms with Gasteiger partial charge in [0.25, 0.3) is 5.91 Å². The maximum atomic E-state index is 13.0. The van der Waals surface area contributed by atoms with E-state index in [2.05, 4.69) is 10.2 Å². The van der Waals surface area contributed by atoms with Gasteiger partial charge in [0.1, 0.15) is 18.0 Å². The molecule has 2 aliphatic rings. The third-order valence-corrected chi connectivity index (χ3v) is 5.98. The molecule has 0 spiro atoms. The van der Waals surface area contributed by atoms with Gasteiger partial charge in [0.2, 0.25) is 5.91 Å². The number of hydrogen-bond acceptors (Lipinski definition) is 6. The number of aromatic nitrogens is 2. The summed E-state index contributed by atoms with van der Waals surface area (Å²) in [5.41, 5.74) is 1.19. The second kappa shape index (κ2) is 7.81. The summed E-state index contributed by atoms with van der Waals surface area (Å²) in [6.07, 6.45) is 1.13. The molecule has 30 heavy (non-hydrogen) atoms. The Hall–Kier alpha value is -3.36. The number of rotatable bonds is 4. The van der Waals surface area contributed by atoms with Crippen LogP contribution in [0.1, 0.15) is 30.3 Å². The quantitative estimate of drug-likeness (QED) is 0.734. The molecule has 2 fully saturated rings. The fourth-order valence-electron chi connectivity index (χ4n) is 4.61. The van der Waals surface area contributed by atoms with Crippen LogP contribution in [0, 0.1) is 5.92 Å². The molecule has 2 aliphatic heterocycles. The molecule has 2 N–H and O–H groups in total. The normalized spacial score (nSPS) is 23.4. The number of aromatic hydroxyl groups is 1. The first-order valence-electron chi connectivity index (χ1n) is 9.96. The van der Waals surface area contributed by atoms with E-state index in [0.29, 0.717) is 30.6 Å². The van der Waals surface area contributed by atoms with E-state index in [9.17, 15) is 19.5 Å². The number of benzene rings is 1. The van der Waals surface area contributed by atoms with Gasteiger partial charge in [0.05, 0.1) is 24.8 Å². The number of carbonyl (C=O) groups excluding carboxylic acids is 3. The van der Waals surface area contributed by atoms with Crippen molar-refractivity contribution in [2.45, 2.75) is 31.8 Å². The Kier molecular flexibility index (Phi) is 5.19. The molecular weight excluding hydrogens is 388 g/mol. The van der Waals surface area contributed by atoms with Crippen molar-refractivity contribution in [3.63, 3.8) is 0 Å². The number of ether oxygens (including phenoxy) is 1. The van der Waals surface area contributed by atoms with Crippen LogP contribution < -0.4 is 0 Å². The zero-order chi connectivity index (χ0) is 21.4. The zero-order valence-corrected chi connectivity index (χ0v) is 16.9. The molecule has 0 aliphatic carbocycles. The van der Waals surface area contributed by atoms with Gasteiger partial charge in [0, 0.05) is 18.2 Å². The van der Waals surface area contributed by atoms with E-state index in [4.69, 9.17) is 4.74 Å². The van der Waals surface area contributed by atoms with E-state index in [0.717, 1.165) is 0 Å². The molecule has 0 radical (unpaired) electrons. The van der Waals surface area contributed by atoms with Crippen LogP contribution in [0.3, 0.4) is 0 Å². The SMILES string of the molecule is CC[C@H]1[C@@H](C(=O)OC)C[C@H]2CN(C(=O)c3cc(-c4ccccc4O)n[nH]3)CC(=O)N21. The van der Waals surface area contributed by atoms with E-state index in [-0.39, 0.29) is 53.8 Å². The largest absolute Gasteiger partial charge is 0.507 e. The average Bonchev–Trinajstić information content (AvgIpc) is 3.38. The van der Waals surface area contributed by atoms with Crippen LogP contribution in [0.25, 0.3) is 11.3 Å². The van der Waals surface area contributed by atoms with Crippen molar-refractivity contribution >= 4 is 17.8 Å². The summed E-state index contributed by atoms with van der Waals surface area (Å²) in [4.78, 5) is 41.3. The van der Waals surface area contributed by atoms with Gasteiger partial charge in [-0.05, 0) is 31.0 Å². The van der Waals surface area contributed by atoms with Crippen molar-refractivity contribution in [1.29, 1.82) is 0 Å². The molecule has 9 heteroatoms. The molecule has 3 heterocycles. The first-order chi connectivity index (χ1) is 14.4. The van der Waals surface area contributed by atoms with Gasteiger partial charge in [0.15, 0.2) is 0 Å². The topological polar surface area (TPSA) is 116 Å². The van der Waals surface area contributed by atoms with E-state index < -0.39 is 0 Å². The number of para-hydroxylation sites is 1. The summed E-state index contributed by atoms with van der Waals surface area (Å²) in [5, 5.41) is 16.8. The van der Waals surface area contributed by atoms with Crippen LogP contribution in [0.15, 0.2) is 30.3 Å². The number of H-pyrrole nitrogens is 1. The Morgan fingerprint density at radius 3 is 2.80 bits per heavy atom. The van der Waals surface area contributed by atoms with Crippen LogP contribution in [0.4, 0.5) is 0 Å². The summed E-state index contributed by atoms with van der Waals surface area (Å²) >= 11 is 0. The Morgan fingerprint density at radius 1 is 1.33 bits per heavy atom. The molecule has 9 nitrogen and oxygen atoms in total. The Labute approximate surface area is 173 Å². The second-order valence-corrected chi connectivity index (χ2v) is 7.67. The highest BCUT2D eigenvalue weighted by Gasteiger charge is 2.50. The first-order valence-corrected chi connectivity index (χ1v) is 9.96. The zero-order valence-electron chi connectivity index (χ0n) is 16.9. The van der Waals surface area contributed by atoms with E-state index >= 15 is 0 Å². The third-order valence-electron chi connectivity index (χ3n) is 5.98. The Morgan fingerprint density at radius 2 is 2.10 bits per heavy atom. The van der Waals surface area contributed by atoms with Gasteiger partial charge >= 0.3 is 5.97 Å². The third kappa shape index (κ3) is 3.30. The van der Waals surface area contributed by atoms with E-state index in [1.807, 2.05) is 6.92 Å². The summed E-state index contributed by atoms with van der Waals surface area (Å²) in [7, 11) is 1.35. The number of hydrogen-bond donors (Lipinski definition) is 2. The minimum absolute atomic E-state index is 0.0509. The molecule has 1 aromatic heterocycles. The number of aromatic amines is 1. The van der Waals surface area contributed by atoms with Crippen molar-refractivity contribution in [2.24, 2.45) is 5.92 Å². The predicted molar refractivity (Wildman–Crippen MR) is 106 cm³/mol. The van der Waals surface area contributed by atoms with Crippen molar-refractivity contribution < 1.29 is 24.2 Å². The molecular formula is C21H24N4O5. The highest BCUT2D eigenvalue weighted by molar-refractivity contribution is 5.97. The van der Waals surface area contributed by atoms with Gasteiger partial charge in [-0.1, -0.05) is 19.1 Å². The molecule has 158 valence electrons. The average molecular weight is 412 g/mol. The number of phenols is 1. The number of nitrogens with one attached hydrogen (secondary N) is 1. The van der Waals surface area contributed by atoms with Crippen molar-refractivity contribution in [1.82, 2.24) is 20.0 Å². The smallest absolute Gasteiger partial charge is 0.310 e. The van der Waals surface area contributed by atoms with Crippen LogP contribution in [-0.4, -0.2) is 75.2 Å². The maximum absolute atomic E-state index is 13.0. The lowest BCUT2D eigenvalue weighted by Crippen LogP contribution is -2.57. The summed E-state index contributed by atoms with van der Waals surface area (Å²) in [6, 6.07) is 7.87. The summed E-state index contributed by atoms with van der Waals surface area (Å²) in [6.45, 7) is 2.24. The van der Waals surface area contributed by atoms with Crippen molar-refractivity contribution in [3.8, 4) is 17.0 Å². The number of methoxy groups -OCH3 is 1. The van der Waals surface area contributed by atoms with Crippen molar-refractivity contribution in [3.05, 3.63) is 36.0 Å². The van der Waals surface area contributed by atoms with Gasteiger partial charge in [-0.3, -0.25) is 19.5 Å². The van der Waals surface area contributed by atoms with Gasteiger partial charge in [-0.25, -0.2) is 0 Å². The number of piperazine rings is 1. The summed E-state index contributed by atoms with van der Waals surface area (Å²) in [5.74, 6) is -1.13. The maximum Gasteiger partial charge on any atom is 0.310 e. The lowest BCUT2D eigenvalue weighted by molar-refractivity contribution is -0.147. The lowest BCUT2D eigenvalue weighted by atomic mass is 9.97. The number of fused-ring (bicyclic) bond motifs is 1. The minimum atomic E-state index is -0.371. The van der Waals surface area contributed by atoms with Crippen LogP contribution in [-0.2, 0) is 14.3 Å². The van der Waals surface area contributed by atoms with Crippen LogP contribution in [0.5, 0.6) is 5.75 Å². The van der Waals surface area contributed by atoms with E-state index in [1.54, 1.807) is 35.2 Å². The molecule has 2 aromatic rings. The highest BCUT2D eigenvalue weighted by Crippen LogP contribution is 2.36. The Balaban J connectivity index is 1.53. The fourth-order valence-corrected chi connectivity index (χ4v) is 4.61. The molecule has 3 atom stereocenters. The Bertz CT molecular complexity index is 987. The number of carbonyl (C=O) groups is 3. The van der Waals surface area contributed by atoms with Gasteiger partial charge in [-0.15, -0.1) is 0 Å². The van der Waals surface area contributed by atoms with Gasteiger partial charge in [-0.2, -0.15) is 5.10 Å².